The Hall–Kier alpha value is -0.280. The van der Waals surface area contributed by atoms with Gasteiger partial charge in [-0.2, -0.15) is 0 Å². The fourth-order valence-electron chi connectivity index (χ4n) is 1.95. The second-order valence-electron chi connectivity index (χ2n) is 4.08. The molecule has 0 spiro atoms. The molecule has 1 saturated heterocycles. The van der Waals surface area contributed by atoms with Crippen molar-refractivity contribution in [3.8, 4) is 0 Å². The van der Waals surface area contributed by atoms with Crippen molar-refractivity contribution in [2.45, 2.75) is 45.6 Å². The lowest BCUT2D eigenvalue weighted by Gasteiger charge is -2.33. The van der Waals surface area contributed by atoms with Crippen LogP contribution < -0.4 is 5.32 Å². The second-order valence-corrected chi connectivity index (χ2v) is 4.08. The van der Waals surface area contributed by atoms with E-state index in [9.17, 15) is 4.79 Å². The van der Waals surface area contributed by atoms with E-state index in [1.807, 2.05) is 6.92 Å². The number of halogens is 1. The number of rotatable bonds is 4. The van der Waals surface area contributed by atoms with Crippen molar-refractivity contribution in [1.82, 2.24) is 10.2 Å². The Bertz CT molecular complexity index is 187. The molecule has 0 aromatic rings. The third-order valence-corrected chi connectivity index (χ3v) is 2.98. The van der Waals surface area contributed by atoms with Crippen LogP contribution in [0.4, 0.5) is 0 Å². The van der Waals surface area contributed by atoms with Crippen LogP contribution in [-0.4, -0.2) is 36.5 Å². The Morgan fingerprint density at radius 1 is 1.47 bits per heavy atom. The van der Waals surface area contributed by atoms with Crippen LogP contribution >= 0.6 is 12.4 Å². The van der Waals surface area contributed by atoms with E-state index in [-0.39, 0.29) is 18.3 Å². The van der Waals surface area contributed by atoms with E-state index >= 15 is 0 Å². The van der Waals surface area contributed by atoms with Crippen LogP contribution in [0.15, 0.2) is 0 Å². The first-order chi connectivity index (χ1) is 6.74. The number of amides is 1. The smallest absolute Gasteiger partial charge is 0.219 e. The Balaban J connectivity index is 0.00000196. The molecule has 1 rings (SSSR count). The molecule has 1 fully saturated rings. The van der Waals surface area contributed by atoms with Gasteiger partial charge in [-0.3, -0.25) is 9.69 Å². The molecular formula is C11H23ClN2O. The van der Waals surface area contributed by atoms with Gasteiger partial charge in [0, 0.05) is 25.6 Å². The topological polar surface area (TPSA) is 32.3 Å². The molecule has 3 nitrogen and oxygen atoms in total. The number of nitrogens with one attached hydrogen (secondary N) is 1. The zero-order chi connectivity index (χ0) is 10.4. The standard InChI is InChI=1S/C11H22N2O.ClH/c1-3-11(14)12-7-9-13-8-5-4-6-10(13)2;/h10H,3-9H2,1-2H3,(H,12,14);1H. The molecule has 0 aromatic heterocycles. The summed E-state index contributed by atoms with van der Waals surface area (Å²) in [5.41, 5.74) is 0. The lowest BCUT2D eigenvalue weighted by Crippen LogP contribution is -2.42. The zero-order valence-electron chi connectivity index (χ0n) is 9.79. The molecular weight excluding hydrogens is 212 g/mol. The summed E-state index contributed by atoms with van der Waals surface area (Å²) < 4.78 is 0. The summed E-state index contributed by atoms with van der Waals surface area (Å²) in [6.45, 7) is 7.17. The number of hydrogen-bond acceptors (Lipinski definition) is 2. The maximum atomic E-state index is 11.0. The molecule has 0 bridgehead atoms. The molecule has 0 aromatic carbocycles. The number of carbonyl (C=O) groups is 1. The minimum Gasteiger partial charge on any atom is -0.355 e. The van der Waals surface area contributed by atoms with E-state index < -0.39 is 0 Å². The van der Waals surface area contributed by atoms with Gasteiger partial charge in [-0.15, -0.1) is 12.4 Å². The minimum atomic E-state index is 0. The molecule has 0 saturated carbocycles. The van der Waals surface area contributed by atoms with Crippen LogP contribution in [0.5, 0.6) is 0 Å². The second kappa shape index (κ2) is 7.94. The van der Waals surface area contributed by atoms with Crippen LogP contribution in [0.25, 0.3) is 0 Å². The number of nitrogens with zero attached hydrogens (tertiary/aromatic N) is 1. The Kier molecular flexibility index (Phi) is 7.79. The number of piperidine rings is 1. The highest BCUT2D eigenvalue weighted by atomic mass is 35.5. The molecule has 1 aliphatic heterocycles. The zero-order valence-corrected chi connectivity index (χ0v) is 10.6. The molecule has 1 heterocycles. The number of likely N-dealkylation sites (tertiary alicyclic amines) is 1. The summed E-state index contributed by atoms with van der Waals surface area (Å²) >= 11 is 0. The maximum absolute atomic E-state index is 11.0. The molecule has 4 heteroatoms. The van der Waals surface area contributed by atoms with Gasteiger partial charge in [-0.25, -0.2) is 0 Å². The quantitative estimate of drug-likeness (QED) is 0.805. The summed E-state index contributed by atoms with van der Waals surface area (Å²) in [5, 5.41) is 2.92. The van der Waals surface area contributed by atoms with Crippen molar-refractivity contribution < 1.29 is 4.79 Å². The first kappa shape index (κ1) is 14.7. The molecule has 15 heavy (non-hydrogen) atoms. The largest absolute Gasteiger partial charge is 0.355 e. The average Bonchev–Trinajstić information content (AvgIpc) is 2.20. The predicted octanol–water partition coefficient (Wildman–Crippen LogP) is 1.81. The average molecular weight is 235 g/mol. The van der Waals surface area contributed by atoms with Crippen LogP contribution in [-0.2, 0) is 4.79 Å². The van der Waals surface area contributed by atoms with Gasteiger partial charge >= 0.3 is 0 Å². The van der Waals surface area contributed by atoms with E-state index in [0.717, 1.165) is 13.1 Å². The summed E-state index contributed by atoms with van der Waals surface area (Å²) in [6.07, 6.45) is 4.57. The number of hydrogen-bond donors (Lipinski definition) is 1. The lowest BCUT2D eigenvalue weighted by molar-refractivity contribution is -0.120. The normalized spacial score (nSPS) is 21.9. The summed E-state index contributed by atoms with van der Waals surface area (Å²) in [7, 11) is 0. The van der Waals surface area contributed by atoms with Crippen molar-refractivity contribution in [3.05, 3.63) is 0 Å². The summed E-state index contributed by atoms with van der Waals surface area (Å²) in [6, 6.07) is 0.697. The van der Waals surface area contributed by atoms with E-state index in [4.69, 9.17) is 0 Å². The first-order valence-corrected chi connectivity index (χ1v) is 5.74. The van der Waals surface area contributed by atoms with Crippen molar-refractivity contribution in [1.29, 1.82) is 0 Å². The minimum absolute atomic E-state index is 0. The van der Waals surface area contributed by atoms with Gasteiger partial charge < -0.3 is 5.32 Å². The van der Waals surface area contributed by atoms with E-state index in [1.165, 1.54) is 25.8 Å². The molecule has 90 valence electrons. The fraction of sp³-hybridized carbons (Fsp3) is 0.909. The summed E-state index contributed by atoms with van der Waals surface area (Å²) in [5.74, 6) is 0.162. The third kappa shape index (κ3) is 5.38. The van der Waals surface area contributed by atoms with Crippen molar-refractivity contribution in [2.75, 3.05) is 19.6 Å². The lowest BCUT2D eigenvalue weighted by atomic mass is 10.0. The van der Waals surface area contributed by atoms with Gasteiger partial charge in [0.05, 0.1) is 0 Å². The van der Waals surface area contributed by atoms with Gasteiger partial charge in [0.2, 0.25) is 5.91 Å². The van der Waals surface area contributed by atoms with Gasteiger partial charge in [0.25, 0.3) is 0 Å². The molecule has 0 radical (unpaired) electrons. The number of carbonyl (C=O) groups excluding carboxylic acids is 1. The summed E-state index contributed by atoms with van der Waals surface area (Å²) in [4.78, 5) is 13.5. The molecule has 1 N–H and O–H groups in total. The molecule has 0 aliphatic carbocycles. The van der Waals surface area contributed by atoms with Crippen LogP contribution in [0.1, 0.15) is 39.5 Å². The fourth-order valence-corrected chi connectivity index (χ4v) is 1.95. The first-order valence-electron chi connectivity index (χ1n) is 5.74. The maximum Gasteiger partial charge on any atom is 0.219 e. The van der Waals surface area contributed by atoms with Crippen molar-refractivity contribution in [3.63, 3.8) is 0 Å². The van der Waals surface area contributed by atoms with E-state index in [0.29, 0.717) is 12.5 Å². The predicted molar refractivity (Wildman–Crippen MR) is 65.4 cm³/mol. The van der Waals surface area contributed by atoms with E-state index in [1.54, 1.807) is 0 Å². The third-order valence-electron chi connectivity index (χ3n) is 2.98. The Morgan fingerprint density at radius 3 is 2.80 bits per heavy atom. The van der Waals surface area contributed by atoms with Crippen LogP contribution in [0, 0.1) is 0 Å². The van der Waals surface area contributed by atoms with Crippen LogP contribution in [0.2, 0.25) is 0 Å². The highest BCUT2D eigenvalue weighted by molar-refractivity contribution is 5.85. The van der Waals surface area contributed by atoms with E-state index in [2.05, 4.69) is 17.1 Å². The van der Waals surface area contributed by atoms with Crippen LogP contribution in [0.3, 0.4) is 0 Å². The Labute approximate surface area is 99.0 Å². The monoisotopic (exact) mass is 234 g/mol. The molecule has 1 atom stereocenters. The highest BCUT2D eigenvalue weighted by Crippen LogP contribution is 2.15. The molecule has 1 aliphatic rings. The Morgan fingerprint density at radius 2 is 2.20 bits per heavy atom. The SMILES string of the molecule is CCC(=O)NCCN1CCCCC1C.Cl. The van der Waals surface area contributed by atoms with Crippen molar-refractivity contribution >= 4 is 18.3 Å². The van der Waals surface area contributed by atoms with Gasteiger partial charge in [0.15, 0.2) is 0 Å². The van der Waals surface area contributed by atoms with Crippen molar-refractivity contribution in [2.24, 2.45) is 0 Å². The van der Waals surface area contributed by atoms with Gasteiger partial charge in [0.1, 0.15) is 0 Å². The van der Waals surface area contributed by atoms with Gasteiger partial charge in [-0.05, 0) is 26.3 Å². The molecule has 1 amide bonds. The highest BCUT2D eigenvalue weighted by Gasteiger charge is 2.17. The van der Waals surface area contributed by atoms with Gasteiger partial charge in [-0.1, -0.05) is 13.3 Å². The molecule has 1 unspecified atom stereocenters.